The fourth-order valence-electron chi connectivity index (χ4n) is 2.91. The predicted octanol–water partition coefficient (Wildman–Crippen LogP) is 2.78. The topological polar surface area (TPSA) is 43.7 Å². The number of nitrogens with zero attached hydrogens (tertiary/aromatic N) is 1. The van der Waals surface area contributed by atoms with Crippen molar-refractivity contribution in [3.8, 4) is 0 Å². The van der Waals surface area contributed by atoms with Crippen molar-refractivity contribution in [2.75, 3.05) is 18.0 Å². The Bertz CT molecular complexity index is 466. The van der Waals surface area contributed by atoms with Gasteiger partial charge in [0.15, 0.2) is 0 Å². The predicted molar refractivity (Wildman–Crippen MR) is 78.4 cm³/mol. The van der Waals surface area contributed by atoms with Crippen molar-refractivity contribution in [3.05, 3.63) is 29.1 Å². The van der Waals surface area contributed by atoms with Gasteiger partial charge in [-0.25, -0.2) is 4.39 Å². The number of aliphatic hydroxyl groups excluding tert-OH is 2. The summed E-state index contributed by atoms with van der Waals surface area (Å²) in [5, 5.41) is 19.5. The van der Waals surface area contributed by atoms with E-state index in [2.05, 4.69) is 4.90 Å². The number of halogens is 1. The average Bonchev–Trinajstić information content (AvgIpc) is 2.41. The van der Waals surface area contributed by atoms with E-state index in [4.69, 9.17) is 0 Å². The van der Waals surface area contributed by atoms with E-state index >= 15 is 0 Å². The van der Waals surface area contributed by atoms with E-state index in [1.807, 2.05) is 13.0 Å². The number of aryl methyl sites for hydroxylation is 1. The highest BCUT2D eigenvalue weighted by Crippen LogP contribution is 2.32. The first-order chi connectivity index (χ1) is 9.40. The van der Waals surface area contributed by atoms with Crippen LogP contribution in [0.1, 0.15) is 43.9 Å². The molecule has 0 spiro atoms. The number of hydrogen-bond donors (Lipinski definition) is 2. The molecule has 1 aromatic carbocycles. The first kappa shape index (κ1) is 15.3. The molecule has 1 saturated heterocycles. The lowest BCUT2D eigenvalue weighted by atomic mass is 9.91. The summed E-state index contributed by atoms with van der Waals surface area (Å²) in [6.07, 6.45) is 0.888. The van der Waals surface area contributed by atoms with Gasteiger partial charge in [-0.3, -0.25) is 0 Å². The van der Waals surface area contributed by atoms with Crippen LogP contribution in [0, 0.1) is 18.7 Å². The SMILES string of the molecule is Cc1cc(N2CCC(C(C)O)CC2)c([C@H](C)O)cc1F. The third kappa shape index (κ3) is 3.13. The summed E-state index contributed by atoms with van der Waals surface area (Å²) < 4.78 is 13.7. The summed E-state index contributed by atoms with van der Waals surface area (Å²) in [7, 11) is 0. The van der Waals surface area contributed by atoms with Gasteiger partial charge in [0.25, 0.3) is 0 Å². The Morgan fingerprint density at radius 2 is 1.80 bits per heavy atom. The fraction of sp³-hybridized carbons (Fsp3) is 0.625. The highest BCUT2D eigenvalue weighted by molar-refractivity contribution is 5.57. The zero-order valence-corrected chi connectivity index (χ0v) is 12.4. The first-order valence-corrected chi connectivity index (χ1v) is 7.31. The van der Waals surface area contributed by atoms with Crippen LogP contribution in [-0.2, 0) is 0 Å². The standard InChI is InChI=1S/C16H24FNO2/c1-10-8-16(14(12(3)20)9-15(10)17)18-6-4-13(5-7-18)11(2)19/h8-9,11-13,19-20H,4-7H2,1-3H3/t11?,12-/m0/s1. The van der Waals surface area contributed by atoms with E-state index in [9.17, 15) is 14.6 Å². The first-order valence-electron chi connectivity index (χ1n) is 7.31. The Morgan fingerprint density at radius 1 is 1.20 bits per heavy atom. The zero-order valence-electron chi connectivity index (χ0n) is 12.4. The van der Waals surface area contributed by atoms with Gasteiger partial charge in [0.05, 0.1) is 12.2 Å². The van der Waals surface area contributed by atoms with Gasteiger partial charge < -0.3 is 15.1 Å². The third-order valence-corrected chi connectivity index (χ3v) is 4.32. The molecule has 0 amide bonds. The van der Waals surface area contributed by atoms with Crippen molar-refractivity contribution in [1.29, 1.82) is 0 Å². The van der Waals surface area contributed by atoms with Crippen LogP contribution in [0.5, 0.6) is 0 Å². The number of benzene rings is 1. The number of anilines is 1. The van der Waals surface area contributed by atoms with Crippen molar-refractivity contribution >= 4 is 5.69 Å². The van der Waals surface area contributed by atoms with E-state index < -0.39 is 6.10 Å². The van der Waals surface area contributed by atoms with Gasteiger partial charge in [-0.15, -0.1) is 0 Å². The highest BCUT2D eigenvalue weighted by Gasteiger charge is 2.25. The van der Waals surface area contributed by atoms with E-state index in [0.717, 1.165) is 31.6 Å². The highest BCUT2D eigenvalue weighted by atomic mass is 19.1. The number of rotatable bonds is 3. The van der Waals surface area contributed by atoms with Gasteiger partial charge in [-0.05, 0) is 57.2 Å². The Hall–Kier alpha value is -1.13. The second kappa shape index (κ2) is 6.10. The molecule has 0 radical (unpaired) electrons. The molecule has 2 N–H and O–H groups in total. The molecule has 0 saturated carbocycles. The van der Waals surface area contributed by atoms with E-state index in [1.54, 1.807) is 13.8 Å². The molecule has 2 atom stereocenters. The lowest BCUT2D eigenvalue weighted by Gasteiger charge is -2.36. The lowest BCUT2D eigenvalue weighted by Crippen LogP contribution is -2.37. The maximum Gasteiger partial charge on any atom is 0.126 e. The van der Waals surface area contributed by atoms with Crippen LogP contribution in [0.15, 0.2) is 12.1 Å². The van der Waals surface area contributed by atoms with E-state index in [0.29, 0.717) is 17.0 Å². The summed E-state index contributed by atoms with van der Waals surface area (Å²) in [6.45, 7) is 6.91. The molecule has 0 bridgehead atoms. The molecule has 112 valence electrons. The Labute approximate surface area is 120 Å². The third-order valence-electron chi connectivity index (χ3n) is 4.32. The Kier molecular flexibility index (Phi) is 4.66. The van der Waals surface area contributed by atoms with Crippen molar-refractivity contribution in [1.82, 2.24) is 0 Å². The summed E-state index contributed by atoms with van der Waals surface area (Å²) in [6, 6.07) is 3.26. The van der Waals surface area contributed by atoms with Crippen LogP contribution in [-0.4, -0.2) is 29.4 Å². The maximum absolute atomic E-state index is 13.7. The fourth-order valence-corrected chi connectivity index (χ4v) is 2.91. The molecule has 4 heteroatoms. The van der Waals surface area contributed by atoms with Gasteiger partial charge >= 0.3 is 0 Å². The minimum absolute atomic E-state index is 0.275. The summed E-state index contributed by atoms with van der Waals surface area (Å²) in [5.41, 5.74) is 2.16. The van der Waals surface area contributed by atoms with Gasteiger partial charge in [-0.1, -0.05) is 0 Å². The molecule has 0 aromatic heterocycles. The molecule has 0 aliphatic carbocycles. The second-order valence-electron chi connectivity index (χ2n) is 5.90. The quantitative estimate of drug-likeness (QED) is 0.895. The molecule has 1 aliphatic heterocycles. The van der Waals surface area contributed by atoms with Crippen LogP contribution in [0.25, 0.3) is 0 Å². The minimum Gasteiger partial charge on any atom is -0.393 e. The number of hydrogen-bond acceptors (Lipinski definition) is 3. The molecular formula is C16H24FNO2. The van der Waals surface area contributed by atoms with Gasteiger partial charge in [0, 0.05) is 24.3 Å². The van der Waals surface area contributed by atoms with Crippen molar-refractivity contribution in [3.63, 3.8) is 0 Å². The molecule has 2 rings (SSSR count). The summed E-state index contributed by atoms with van der Waals surface area (Å²) >= 11 is 0. The molecule has 1 heterocycles. The number of piperidine rings is 1. The average molecular weight is 281 g/mol. The summed E-state index contributed by atoms with van der Waals surface area (Å²) in [4.78, 5) is 2.19. The largest absolute Gasteiger partial charge is 0.393 e. The van der Waals surface area contributed by atoms with Gasteiger partial charge in [0.1, 0.15) is 5.82 Å². The van der Waals surface area contributed by atoms with Crippen LogP contribution >= 0.6 is 0 Å². The molecule has 1 aliphatic rings. The smallest absolute Gasteiger partial charge is 0.126 e. The molecule has 1 fully saturated rings. The van der Waals surface area contributed by atoms with Crippen LogP contribution in [0.2, 0.25) is 0 Å². The van der Waals surface area contributed by atoms with Crippen molar-refractivity contribution < 1.29 is 14.6 Å². The van der Waals surface area contributed by atoms with Crippen molar-refractivity contribution in [2.45, 2.75) is 45.8 Å². The Morgan fingerprint density at radius 3 is 2.30 bits per heavy atom. The van der Waals surface area contributed by atoms with E-state index in [1.165, 1.54) is 6.07 Å². The van der Waals surface area contributed by atoms with E-state index in [-0.39, 0.29) is 11.9 Å². The van der Waals surface area contributed by atoms with Gasteiger partial charge in [0.2, 0.25) is 0 Å². The van der Waals surface area contributed by atoms with Crippen LogP contribution in [0.3, 0.4) is 0 Å². The molecule has 20 heavy (non-hydrogen) atoms. The molecule has 1 aromatic rings. The van der Waals surface area contributed by atoms with Crippen LogP contribution in [0.4, 0.5) is 10.1 Å². The maximum atomic E-state index is 13.7. The number of aliphatic hydroxyl groups is 2. The minimum atomic E-state index is -0.686. The molecule has 3 nitrogen and oxygen atoms in total. The zero-order chi connectivity index (χ0) is 14.9. The molecular weight excluding hydrogens is 257 g/mol. The monoisotopic (exact) mass is 281 g/mol. The summed E-state index contributed by atoms with van der Waals surface area (Å²) in [5.74, 6) is 0.0614. The van der Waals surface area contributed by atoms with Crippen LogP contribution < -0.4 is 4.90 Å². The van der Waals surface area contributed by atoms with Crippen molar-refractivity contribution in [2.24, 2.45) is 5.92 Å². The lowest BCUT2D eigenvalue weighted by molar-refractivity contribution is 0.109. The second-order valence-corrected chi connectivity index (χ2v) is 5.90. The molecule has 1 unspecified atom stereocenters. The normalized spacial score (nSPS) is 20.0. The Balaban J connectivity index is 2.23. The van der Waals surface area contributed by atoms with Gasteiger partial charge in [-0.2, -0.15) is 0 Å².